The lowest BCUT2D eigenvalue weighted by molar-refractivity contribution is 0.528. The van der Waals surface area contributed by atoms with E-state index in [0.717, 1.165) is 19.4 Å². The molecule has 0 aliphatic carbocycles. The van der Waals surface area contributed by atoms with Gasteiger partial charge in [0.15, 0.2) is 0 Å². The maximum absolute atomic E-state index is 4.27. The quantitative estimate of drug-likeness (QED) is 0.883. The van der Waals surface area contributed by atoms with Gasteiger partial charge in [0.2, 0.25) is 0 Å². The van der Waals surface area contributed by atoms with E-state index < -0.39 is 0 Å². The van der Waals surface area contributed by atoms with Gasteiger partial charge in [-0.3, -0.25) is 4.68 Å². The Hall–Kier alpha value is -1.13. The Bertz CT molecular complexity index is 522. The van der Waals surface area contributed by atoms with Crippen molar-refractivity contribution in [3.05, 3.63) is 52.3 Å². The second-order valence-electron chi connectivity index (χ2n) is 4.75. The Morgan fingerprint density at radius 1 is 1.37 bits per heavy atom. The fourth-order valence-corrected chi connectivity index (χ4v) is 2.58. The second kappa shape index (κ2) is 6.87. The first-order valence-electron chi connectivity index (χ1n) is 6.66. The van der Waals surface area contributed by atoms with Crippen molar-refractivity contribution in [1.29, 1.82) is 0 Å². The number of halogens is 1. The van der Waals surface area contributed by atoms with Crippen LogP contribution in [0.3, 0.4) is 0 Å². The SMILES string of the molecule is CCCNC(Cc1ccccc1Br)c1cnn(C)c1. The van der Waals surface area contributed by atoms with Gasteiger partial charge in [0.1, 0.15) is 0 Å². The number of aryl methyl sites for hydroxylation is 1. The van der Waals surface area contributed by atoms with E-state index in [1.165, 1.54) is 15.6 Å². The molecule has 0 fully saturated rings. The predicted octanol–water partition coefficient (Wildman–Crippen LogP) is 3.47. The highest BCUT2D eigenvalue weighted by Gasteiger charge is 2.14. The Balaban J connectivity index is 2.16. The predicted molar refractivity (Wildman–Crippen MR) is 82.1 cm³/mol. The molecule has 1 heterocycles. The summed E-state index contributed by atoms with van der Waals surface area (Å²) in [6.45, 7) is 3.20. The molecular formula is C15H20BrN3. The summed E-state index contributed by atoms with van der Waals surface area (Å²) < 4.78 is 3.03. The van der Waals surface area contributed by atoms with Crippen LogP contribution in [-0.2, 0) is 13.5 Å². The molecule has 0 aliphatic rings. The normalized spacial score (nSPS) is 12.6. The molecule has 3 nitrogen and oxygen atoms in total. The molecule has 0 saturated carbocycles. The molecule has 4 heteroatoms. The summed E-state index contributed by atoms with van der Waals surface area (Å²) in [5.74, 6) is 0. The molecule has 0 radical (unpaired) electrons. The first kappa shape index (κ1) is 14.3. The molecule has 102 valence electrons. The second-order valence-corrected chi connectivity index (χ2v) is 5.60. The molecular weight excluding hydrogens is 302 g/mol. The smallest absolute Gasteiger partial charge is 0.0537 e. The van der Waals surface area contributed by atoms with E-state index in [4.69, 9.17) is 0 Å². The largest absolute Gasteiger partial charge is 0.310 e. The molecule has 0 bridgehead atoms. The monoisotopic (exact) mass is 321 g/mol. The lowest BCUT2D eigenvalue weighted by Gasteiger charge is -2.18. The van der Waals surface area contributed by atoms with Crippen LogP contribution in [0.25, 0.3) is 0 Å². The van der Waals surface area contributed by atoms with Crippen molar-refractivity contribution in [3.8, 4) is 0 Å². The van der Waals surface area contributed by atoms with Crippen molar-refractivity contribution in [2.75, 3.05) is 6.54 Å². The van der Waals surface area contributed by atoms with Gasteiger partial charge < -0.3 is 5.32 Å². The average Bonchev–Trinajstić information content (AvgIpc) is 2.83. The van der Waals surface area contributed by atoms with E-state index >= 15 is 0 Å². The number of hydrogen-bond acceptors (Lipinski definition) is 2. The highest BCUT2D eigenvalue weighted by Crippen LogP contribution is 2.23. The molecule has 1 aromatic heterocycles. The fraction of sp³-hybridized carbons (Fsp3) is 0.400. The molecule has 1 atom stereocenters. The maximum atomic E-state index is 4.27. The van der Waals surface area contributed by atoms with Gasteiger partial charge in [0, 0.05) is 29.3 Å². The van der Waals surface area contributed by atoms with Crippen LogP contribution in [-0.4, -0.2) is 16.3 Å². The Morgan fingerprint density at radius 2 is 2.16 bits per heavy atom. The van der Waals surface area contributed by atoms with Crippen molar-refractivity contribution in [2.45, 2.75) is 25.8 Å². The van der Waals surface area contributed by atoms with E-state index in [1.54, 1.807) is 0 Å². The molecule has 0 saturated heterocycles. The summed E-state index contributed by atoms with van der Waals surface area (Å²) in [7, 11) is 1.96. The topological polar surface area (TPSA) is 29.9 Å². The van der Waals surface area contributed by atoms with E-state index in [1.807, 2.05) is 24.0 Å². The van der Waals surface area contributed by atoms with Crippen molar-refractivity contribution < 1.29 is 0 Å². The molecule has 2 rings (SSSR count). The number of aromatic nitrogens is 2. The molecule has 1 unspecified atom stereocenters. The van der Waals surface area contributed by atoms with E-state index in [-0.39, 0.29) is 0 Å². The van der Waals surface area contributed by atoms with Gasteiger partial charge in [-0.2, -0.15) is 5.10 Å². The maximum Gasteiger partial charge on any atom is 0.0537 e. The Kier molecular flexibility index (Phi) is 5.16. The minimum atomic E-state index is 0.312. The number of hydrogen-bond donors (Lipinski definition) is 1. The molecule has 0 aliphatic heterocycles. The zero-order valence-corrected chi connectivity index (χ0v) is 13.0. The van der Waals surface area contributed by atoms with Gasteiger partial charge >= 0.3 is 0 Å². The van der Waals surface area contributed by atoms with Crippen LogP contribution >= 0.6 is 15.9 Å². The van der Waals surface area contributed by atoms with Crippen LogP contribution in [0, 0.1) is 0 Å². The van der Waals surface area contributed by atoms with Gasteiger partial charge in [0.05, 0.1) is 6.20 Å². The third-order valence-electron chi connectivity index (χ3n) is 3.15. The zero-order chi connectivity index (χ0) is 13.7. The van der Waals surface area contributed by atoms with Gasteiger partial charge in [-0.1, -0.05) is 41.1 Å². The van der Waals surface area contributed by atoms with Crippen LogP contribution in [0.2, 0.25) is 0 Å². The molecule has 1 N–H and O–H groups in total. The van der Waals surface area contributed by atoms with E-state index in [2.05, 4.69) is 57.7 Å². The molecule has 1 aromatic carbocycles. The number of rotatable bonds is 6. The van der Waals surface area contributed by atoms with Gasteiger partial charge in [-0.25, -0.2) is 0 Å². The minimum absolute atomic E-state index is 0.312. The number of nitrogens with zero attached hydrogens (tertiary/aromatic N) is 2. The number of benzene rings is 1. The lowest BCUT2D eigenvalue weighted by atomic mass is 10.0. The van der Waals surface area contributed by atoms with E-state index in [0.29, 0.717) is 6.04 Å². The highest BCUT2D eigenvalue weighted by molar-refractivity contribution is 9.10. The van der Waals surface area contributed by atoms with Crippen LogP contribution in [0.5, 0.6) is 0 Å². The molecule has 2 aromatic rings. The lowest BCUT2D eigenvalue weighted by Crippen LogP contribution is -2.24. The summed E-state index contributed by atoms with van der Waals surface area (Å²) >= 11 is 3.62. The van der Waals surface area contributed by atoms with Crippen LogP contribution in [0.4, 0.5) is 0 Å². The van der Waals surface area contributed by atoms with Crippen molar-refractivity contribution >= 4 is 15.9 Å². The number of nitrogens with one attached hydrogen (secondary N) is 1. The summed E-state index contributed by atoms with van der Waals surface area (Å²) in [5, 5.41) is 7.88. The highest BCUT2D eigenvalue weighted by atomic mass is 79.9. The minimum Gasteiger partial charge on any atom is -0.310 e. The Labute approximate surface area is 123 Å². The third kappa shape index (κ3) is 3.91. The summed E-state index contributed by atoms with van der Waals surface area (Å²) in [5.41, 5.74) is 2.56. The summed E-state index contributed by atoms with van der Waals surface area (Å²) in [6, 6.07) is 8.70. The molecule has 0 spiro atoms. The zero-order valence-electron chi connectivity index (χ0n) is 11.4. The van der Waals surface area contributed by atoms with Gasteiger partial charge in [0.25, 0.3) is 0 Å². The van der Waals surface area contributed by atoms with Crippen LogP contribution in [0.1, 0.15) is 30.5 Å². The van der Waals surface area contributed by atoms with Crippen LogP contribution < -0.4 is 5.32 Å². The molecule has 19 heavy (non-hydrogen) atoms. The van der Waals surface area contributed by atoms with E-state index in [9.17, 15) is 0 Å². The first-order valence-corrected chi connectivity index (χ1v) is 7.45. The average molecular weight is 322 g/mol. The summed E-state index contributed by atoms with van der Waals surface area (Å²) in [6.07, 6.45) is 6.13. The standard InChI is InChI=1S/C15H20BrN3/c1-3-8-17-15(13-10-18-19(2)11-13)9-12-6-4-5-7-14(12)16/h4-7,10-11,15,17H,3,8-9H2,1-2H3. The van der Waals surface area contributed by atoms with Crippen molar-refractivity contribution in [1.82, 2.24) is 15.1 Å². The summed E-state index contributed by atoms with van der Waals surface area (Å²) in [4.78, 5) is 0. The van der Waals surface area contributed by atoms with Crippen LogP contribution in [0.15, 0.2) is 41.1 Å². The Morgan fingerprint density at radius 3 is 2.79 bits per heavy atom. The third-order valence-corrected chi connectivity index (χ3v) is 3.92. The first-order chi connectivity index (χ1) is 9.20. The van der Waals surface area contributed by atoms with Gasteiger partial charge in [-0.05, 0) is 31.0 Å². The van der Waals surface area contributed by atoms with Gasteiger partial charge in [-0.15, -0.1) is 0 Å². The van der Waals surface area contributed by atoms with Crippen molar-refractivity contribution in [3.63, 3.8) is 0 Å². The van der Waals surface area contributed by atoms with Crippen molar-refractivity contribution in [2.24, 2.45) is 7.05 Å². The fourth-order valence-electron chi connectivity index (χ4n) is 2.13. The molecule has 0 amide bonds.